The van der Waals surface area contributed by atoms with Gasteiger partial charge in [-0.1, -0.05) is 12.1 Å². The van der Waals surface area contributed by atoms with Crippen LogP contribution in [0.2, 0.25) is 0 Å². The predicted molar refractivity (Wildman–Crippen MR) is 99.1 cm³/mol. The van der Waals surface area contributed by atoms with E-state index in [0.29, 0.717) is 5.56 Å². The van der Waals surface area contributed by atoms with Crippen molar-refractivity contribution >= 4 is 17.6 Å². The minimum absolute atomic E-state index is 0.0259. The van der Waals surface area contributed by atoms with E-state index in [-0.39, 0.29) is 24.1 Å². The number of benzene rings is 1. The fraction of sp³-hybridized carbons (Fsp3) is 0.368. The van der Waals surface area contributed by atoms with E-state index in [1.54, 1.807) is 7.05 Å². The van der Waals surface area contributed by atoms with Crippen LogP contribution in [0, 0.1) is 0 Å². The van der Waals surface area contributed by atoms with Crippen molar-refractivity contribution in [3.8, 4) is 0 Å². The van der Waals surface area contributed by atoms with Gasteiger partial charge in [-0.2, -0.15) is 0 Å². The second kappa shape index (κ2) is 6.84. The standard InChI is InChI=1S/C19H23N5O2/c1-24-11-14-10-16(22-17(14)23-19(24)26)12-2-4-13(5-3-12)18(25)21-15-6-8-20-9-7-15/h2-5,10-11,15,17,20,22H,6-9H2,1H3,(H,21,25)(H,23,26). The lowest BCUT2D eigenvalue weighted by Crippen LogP contribution is -2.50. The lowest BCUT2D eigenvalue weighted by Gasteiger charge is -2.26. The van der Waals surface area contributed by atoms with Gasteiger partial charge in [0.25, 0.3) is 5.91 Å². The molecule has 0 spiro atoms. The van der Waals surface area contributed by atoms with E-state index >= 15 is 0 Å². The summed E-state index contributed by atoms with van der Waals surface area (Å²) in [5.74, 6) is -0.0259. The molecular formula is C19H23N5O2. The molecule has 1 unspecified atom stereocenters. The maximum atomic E-state index is 12.4. The number of urea groups is 1. The predicted octanol–water partition coefficient (Wildman–Crippen LogP) is 0.977. The van der Waals surface area contributed by atoms with E-state index in [1.165, 1.54) is 4.90 Å². The number of carbonyl (C=O) groups excluding carboxylic acids is 2. The van der Waals surface area contributed by atoms with Crippen LogP contribution >= 0.6 is 0 Å². The summed E-state index contributed by atoms with van der Waals surface area (Å²) < 4.78 is 0. The second-order valence-corrected chi connectivity index (χ2v) is 6.90. The van der Waals surface area contributed by atoms with Crippen LogP contribution in [0.4, 0.5) is 4.79 Å². The molecule has 3 heterocycles. The van der Waals surface area contributed by atoms with Crippen LogP contribution in [0.3, 0.4) is 0 Å². The van der Waals surface area contributed by atoms with Crippen molar-refractivity contribution in [2.24, 2.45) is 0 Å². The first-order valence-corrected chi connectivity index (χ1v) is 8.95. The zero-order chi connectivity index (χ0) is 18.1. The number of carbonyl (C=O) groups is 2. The van der Waals surface area contributed by atoms with E-state index in [1.807, 2.05) is 36.5 Å². The number of nitrogens with zero attached hydrogens (tertiary/aromatic N) is 1. The number of rotatable bonds is 3. The highest BCUT2D eigenvalue weighted by atomic mass is 16.2. The molecule has 1 fully saturated rings. The molecule has 1 aromatic carbocycles. The third-order valence-corrected chi connectivity index (χ3v) is 5.01. The average Bonchev–Trinajstić information content (AvgIpc) is 3.06. The summed E-state index contributed by atoms with van der Waals surface area (Å²) in [5, 5.41) is 12.6. The van der Waals surface area contributed by atoms with Crippen molar-refractivity contribution < 1.29 is 9.59 Å². The Labute approximate surface area is 152 Å². The molecule has 0 radical (unpaired) electrons. The van der Waals surface area contributed by atoms with Crippen molar-refractivity contribution in [2.45, 2.75) is 25.0 Å². The van der Waals surface area contributed by atoms with Crippen LogP contribution in [-0.2, 0) is 0 Å². The van der Waals surface area contributed by atoms with Crippen LogP contribution in [0.1, 0.15) is 28.8 Å². The van der Waals surface area contributed by atoms with Crippen LogP contribution in [0.15, 0.2) is 42.1 Å². The Morgan fingerprint density at radius 3 is 2.62 bits per heavy atom. The highest BCUT2D eigenvalue weighted by molar-refractivity contribution is 5.94. The van der Waals surface area contributed by atoms with Gasteiger partial charge in [-0.3, -0.25) is 4.79 Å². The number of hydrogen-bond acceptors (Lipinski definition) is 4. The molecule has 3 aliphatic heterocycles. The summed E-state index contributed by atoms with van der Waals surface area (Å²) >= 11 is 0. The van der Waals surface area contributed by atoms with Crippen LogP contribution < -0.4 is 21.3 Å². The Kier molecular flexibility index (Phi) is 4.38. The number of fused-ring (bicyclic) bond motifs is 1. The van der Waals surface area contributed by atoms with Crippen LogP contribution in [0.25, 0.3) is 5.70 Å². The maximum absolute atomic E-state index is 12.4. The molecule has 4 rings (SSSR count). The lowest BCUT2D eigenvalue weighted by atomic mass is 10.0. The SMILES string of the molecule is CN1C=C2C=C(c3ccc(C(=O)NC4CCNCC4)cc3)NC2NC1=O. The van der Waals surface area contributed by atoms with Gasteiger partial charge in [0.1, 0.15) is 6.17 Å². The summed E-state index contributed by atoms with van der Waals surface area (Å²) in [4.78, 5) is 25.6. The fourth-order valence-electron chi connectivity index (χ4n) is 3.47. The van der Waals surface area contributed by atoms with Crippen molar-refractivity contribution in [3.05, 3.63) is 53.2 Å². The number of piperidine rings is 1. The number of hydrogen-bond donors (Lipinski definition) is 4. The third-order valence-electron chi connectivity index (χ3n) is 5.01. The van der Waals surface area contributed by atoms with Gasteiger partial charge in [0.05, 0.1) is 0 Å². The molecule has 0 aromatic heterocycles. The molecule has 0 aliphatic carbocycles. The van der Waals surface area contributed by atoms with Crippen molar-refractivity contribution in [1.29, 1.82) is 0 Å². The molecule has 7 heteroatoms. The molecule has 7 nitrogen and oxygen atoms in total. The maximum Gasteiger partial charge on any atom is 0.323 e. The summed E-state index contributed by atoms with van der Waals surface area (Å²) in [5.41, 5.74) is 3.59. The normalized spacial score (nSPS) is 22.7. The third kappa shape index (κ3) is 3.30. The van der Waals surface area contributed by atoms with Crippen molar-refractivity contribution in [1.82, 2.24) is 26.2 Å². The molecule has 3 aliphatic rings. The fourth-order valence-corrected chi connectivity index (χ4v) is 3.47. The van der Waals surface area contributed by atoms with E-state index in [2.05, 4.69) is 21.3 Å². The molecule has 1 atom stereocenters. The monoisotopic (exact) mass is 353 g/mol. The van der Waals surface area contributed by atoms with Gasteiger partial charge in [0.15, 0.2) is 0 Å². The number of amides is 3. The highest BCUT2D eigenvalue weighted by Gasteiger charge is 2.28. The Morgan fingerprint density at radius 2 is 1.88 bits per heavy atom. The average molecular weight is 353 g/mol. The van der Waals surface area contributed by atoms with Crippen molar-refractivity contribution in [3.63, 3.8) is 0 Å². The van der Waals surface area contributed by atoms with Crippen molar-refractivity contribution in [2.75, 3.05) is 20.1 Å². The molecule has 1 aromatic rings. The summed E-state index contributed by atoms with van der Waals surface area (Å²) in [6.45, 7) is 1.90. The first-order valence-electron chi connectivity index (χ1n) is 8.95. The first-order chi connectivity index (χ1) is 12.6. The van der Waals surface area contributed by atoms with Gasteiger partial charge in [-0.25, -0.2) is 4.79 Å². The zero-order valence-corrected chi connectivity index (χ0v) is 14.7. The van der Waals surface area contributed by atoms with Gasteiger partial charge in [-0.05, 0) is 49.7 Å². The van der Waals surface area contributed by atoms with E-state index in [4.69, 9.17) is 0 Å². The molecule has 136 valence electrons. The smallest absolute Gasteiger partial charge is 0.323 e. The highest BCUT2D eigenvalue weighted by Crippen LogP contribution is 2.25. The molecule has 0 saturated carbocycles. The summed E-state index contributed by atoms with van der Waals surface area (Å²) in [6.07, 6.45) is 5.58. The molecule has 1 saturated heterocycles. The van der Waals surface area contributed by atoms with E-state index < -0.39 is 0 Å². The second-order valence-electron chi connectivity index (χ2n) is 6.90. The first kappa shape index (κ1) is 16.7. The van der Waals surface area contributed by atoms with Gasteiger partial charge < -0.3 is 26.2 Å². The van der Waals surface area contributed by atoms with E-state index in [9.17, 15) is 9.59 Å². The number of nitrogens with one attached hydrogen (secondary N) is 4. The van der Waals surface area contributed by atoms with Crippen LogP contribution in [-0.4, -0.2) is 49.2 Å². The minimum Gasteiger partial charge on any atom is -0.361 e. The summed E-state index contributed by atoms with van der Waals surface area (Å²) in [6, 6.07) is 7.66. The molecular weight excluding hydrogens is 330 g/mol. The Balaban J connectivity index is 1.43. The molecule has 26 heavy (non-hydrogen) atoms. The van der Waals surface area contributed by atoms with Gasteiger partial charge in [0, 0.05) is 36.1 Å². The Morgan fingerprint density at radius 1 is 1.15 bits per heavy atom. The minimum atomic E-state index is -0.198. The Bertz CT molecular complexity index is 778. The molecule has 3 amide bonds. The van der Waals surface area contributed by atoms with E-state index in [0.717, 1.165) is 42.8 Å². The van der Waals surface area contributed by atoms with Gasteiger partial charge >= 0.3 is 6.03 Å². The molecule has 4 N–H and O–H groups in total. The lowest BCUT2D eigenvalue weighted by molar-refractivity contribution is 0.0929. The summed E-state index contributed by atoms with van der Waals surface area (Å²) in [7, 11) is 1.72. The largest absolute Gasteiger partial charge is 0.361 e. The topological polar surface area (TPSA) is 85.5 Å². The van der Waals surface area contributed by atoms with Gasteiger partial charge in [0.2, 0.25) is 0 Å². The van der Waals surface area contributed by atoms with Gasteiger partial charge in [-0.15, -0.1) is 0 Å². The van der Waals surface area contributed by atoms with Crippen LogP contribution in [0.5, 0.6) is 0 Å². The zero-order valence-electron chi connectivity index (χ0n) is 14.7. The molecule has 0 bridgehead atoms. The quantitative estimate of drug-likeness (QED) is 0.653. The Hall–Kier alpha value is -2.80.